The van der Waals surface area contributed by atoms with Gasteiger partial charge in [0.1, 0.15) is 4.90 Å². The van der Waals surface area contributed by atoms with Gasteiger partial charge >= 0.3 is 0 Å². The van der Waals surface area contributed by atoms with Crippen molar-refractivity contribution in [2.75, 3.05) is 0 Å². The molecule has 0 amide bonds. The van der Waals surface area contributed by atoms with Gasteiger partial charge in [-0.2, -0.15) is 0 Å². The molecule has 7 heteroatoms. The lowest BCUT2D eigenvalue weighted by atomic mass is 9.91. The Bertz CT molecular complexity index is 513. The maximum atomic E-state index is 12.5. The van der Waals surface area contributed by atoms with Gasteiger partial charge < -0.3 is 5.11 Å². The SMILES string of the molecule is CCC(CC)(CC)NS(=O)(=O)c1cc(CO)sc1Br. The topological polar surface area (TPSA) is 66.4 Å². The van der Waals surface area contributed by atoms with Crippen LogP contribution in [0.15, 0.2) is 14.7 Å². The van der Waals surface area contributed by atoms with Gasteiger partial charge in [0, 0.05) is 10.4 Å². The first kappa shape index (κ1) is 17.1. The molecule has 1 heterocycles. The summed E-state index contributed by atoms with van der Waals surface area (Å²) in [7, 11) is -3.57. The molecule has 0 saturated heterocycles. The Balaban J connectivity index is 3.13. The summed E-state index contributed by atoms with van der Waals surface area (Å²) in [6.45, 7) is 5.80. The molecule has 1 aromatic rings. The lowest BCUT2D eigenvalue weighted by Gasteiger charge is -2.31. The molecule has 0 atom stereocenters. The number of aliphatic hydroxyl groups excluding tert-OH is 1. The van der Waals surface area contributed by atoms with E-state index in [4.69, 9.17) is 5.11 Å². The Morgan fingerprint density at radius 1 is 1.32 bits per heavy atom. The van der Waals surface area contributed by atoms with Crippen molar-refractivity contribution in [2.45, 2.75) is 57.1 Å². The summed E-state index contributed by atoms with van der Waals surface area (Å²) in [6, 6.07) is 1.52. The first-order chi connectivity index (χ1) is 8.84. The minimum absolute atomic E-state index is 0.154. The summed E-state index contributed by atoms with van der Waals surface area (Å²) < 4.78 is 28.3. The molecule has 0 fully saturated rings. The molecule has 0 saturated carbocycles. The van der Waals surface area contributed by atoms with Crippen molar-refractivity contribution in [3.63, 3.8) is 0 Å². The molecule has 0 aliphatic heterocycles. The van der Waals surface area contributed by atoms with Crippen LogP contribution in [0.4, 0.5) is 0 Å². The summed E-state index contributed by atoms with van der Waals surface area (Å²) >= 11 is 4.49. The molecule has 0 radical (unpaired) electrons. The molecule has 0 aliphatic rings. The molecular weight excluding hydrogens is 350 g/mol. The molecule has 2 N–H and O–H groups in total. The Labute approximate surface area is 127 Å². The van der Waals surface area contributed by atoms with Gasteiger partial charge in [-0.25, -0.2) is 13.1 Å². The van der Waals surface area contributed by atoms with Crippen LogP contribution >= 0.6 is 27.3 Å². The summed E-state index contributed by atoms with van der Waals surface area (Å²) in [5.74, 6) is 0. The number of hydrogen-bond donors (Lipinski definition) is 2. The monoisotopic (exact) mass is 369 g/mol. The molecule has 0 bridgehead atoms. The van der Waals surface area contributed by atoms with Crippen LogP contribution in [0.1, 0.15) is 44.9 Å². The van der Waals surface area contributed by atoms with Gasteiger partial charge in [-0.3, -0.25) is 0 Å². The van der Waals surface area contributed by atoms with E-state index in [1.807, 2.05) is 20.8 Å². The third kappa shape index (κ3) is 3.78. The second kappa shape index (κ2) is 6.67. The quantitative estimate of drug-likeness (QED) is 0.774. The highest BCUT2D eigenvalue weighted by Gasteiger charge is 2.32. The highest BCUT2D eigenvalue weighted by Crippen LogP contribution is 2.33. The van der Waals surface area contributed by atoms with Crippen molar-refractivity contribution in [2.24, 2.45) is 0 Å². The van der Waals surface area contributed by atoms with E-state index in [2.05, 4.69) is 20.7 Å². The van der Waals surface area contributed by atoms with Crippen molar-refractivity contribution in [1.82, 2.24) is 4.72 Å². The van der Waals surface area contributed by atoms with Crippen LogP contribution in [0.25, 0.3) is 0 Å². The van der Waals surface area contributed by atoms with Gasteiger partial charge in [0.05, 0.1) is 10.4 Å². The fraction of sp³-hybridized carbons (Fsp3) is 0.667. The minimum Gasteiger partial charge on any atom is -0.391 e. The van der Waals surface area contributed by atoms with Gasteiger partial charge in [-0.15, -0.1) is 11.3 Å². The van der Waals surface area contributed by atoms with Crippen LogP contribution in [-0.4, -0.2) is 19.1 Å². The zero-order valence-electron chi connectivity index (χ0n) is 11.4. The smallest absolute Gasteiger partial charge is 0.243 e. The summed E-state index contributed by atoms with van der Waals surface area (Å²) in [4.78, 5) is 0.837. The number of aliphatic hydroxyl groups is 1. The van der Waals surface area contributed by atoms with E-state index in [0.29, 0.717) is 8.66 Å². The van der Waals surface area contributed by atoms with Crippen LogP contribution in [0, 0.1) is 0 Å². The lowest BCUT2D eigenvalue weighted by molar-refractivity contribution is 0.285. The number of hydrogen-bond acceptors (Lipinski definition) is 4. The highest BCUT2D eigenvalue weighted by atomic mass is 79.9. The van der Waals surface area contributed by atoms with E-state index in [1.54, 1.807) is 0 Å². The van der Waals surface area contributed by atoms with E-state index < -0.39 is 15.6 Å². The van der Waals surface area contributed by atoms with E-state index in [1.165, 1.54) is 17.4 Å². The second-order valence-corrected chi connectivity index (χ2v) is 8.56. The number of rotatable bonds is 7. The zero-order valence-corrected chi connectivity index (χ0v) is 14.6. The van der Waals surface area contributed by atoms with E-state index in [-0.39, 0.29) is 11.5 Å². The number of nitrogens with one attached hydrogen (secondary N) is 1. The molecule has 1 aromatic heterocycles. The van der Waals surface area contributed by atoms with Gasteiger partial charge in [0.25, 0.3) is 0 Å². The summed E-state index contributed by atoms with van der Waals surface area (Å²) in [6.07, 6.45) is 2.23. The van der Waals surface area contributed by atoms with Gasteiger partial charge in [0.15, 0.2) is 0 Å². The van der Waals surface area contributed by atoms with Gasteiger partial charge in [0.2, 0.25) is 10.0 Å². The highest BCUT2D eigenvalue weighted by molar-refractivity contribution is 9.11. The third-order valence-electron chi connectivity index (χ3n) is 3.53. The van der Waals surface area contributed by atoms with E-state index >= 15 is 0 Å². The molecule has 4 nitrogen and oxygen atoms in total. The number of halogens is 1. The van der Waals surface area contributed by atoms with Gasteiger partial charge in [-0.1, -0.05) is 20.8 Å². The second-order valence-electron chi connectivity index (χ2n) is 4.46. The first-order valence-electron chi connectivity index (χ1n) is 6.27. The molecule has 0 aromatic carbocycles. The first-order valence-corrected chi connectivity index (χ1v) is 9.36. The molecular formula is C12H20BrNO3S2. The molecule has 110 valence electrons. The largest absolute Gasteiger partial charge is 0.391 e. The van der Waals surface area contributed by atoms with Crippen molar-refractivity contribution in [3.8, 4) is 0 Å². The number of sulfonamides is 1. The Morgan fingerprint density at radius 2 is 1.84 bits per heavy atom. The van der Waals surface area contributed by atoms with Crippen LogP contribution < -0.4 is 4.72 Å². The fourth-order valence-electron chi connectivity index (χ4n) is 1.97. The van der Waals surface area contributed by atoms with Crippen LogP contribution in [0.3, 0.4) is 0 Å². The molecule has 0 aliphatic carbocycles. The van der Waals surface area contributed by atoms with E-state index in [0.717, 1.165) is 19.3 Å². The van der Waals surface area contributed by atoms with Crippen molar-refractivity contribution < 1.29 is 13.5 Å². The average Bonchev–Trinajstić information content (AvgIpc) is 2.78. The predicted octanol–water partition coefficient (Wildman–Crippen LogP) is 3.25. The van der Waals surface area contributed by atoms with E-state index in [9.17, 15) is 8.42 Å². The minimum atomic E-state index is -3.57. The van der Waals surface area contributed by atoms with Crippen molar-refractivity contribution in [3.05, 3.63) is 14.7 Å². The summed E-state index contributed by atoms with van der Waals surface area (Å²) in [5.41, 5.74) is -0.403. The molecule has 19 heavy (non-hydrogen) atoms. The standard InChI is InChI=1S/C12H20BrNO3S2/c1-4-12(5-2,6-3)14-19(16,17)10-7-9(8-15)18-11(10)13/h7,14-15H,4-6,8H2,1-3H3. The summed E-state index contributed by atoms with van der Waals surface area (Å²) in [5, 5.41) is 9.09. The Hall–Kier alpha value is 0.0500. The predicted molar refractivity (Wildman–Crippen MR) is 81.9 cm³/mol. The molecule has 1 rings (SSSR count). The number of thiophene rings is 1. The maximum absolute atomic E-state index is 12.5. The van der Waals surface area contributed by atoms with Crippen LogP contribution in [0.5, 0.6) is 0 Å². The molecule has 0 unspecified atom stereocenters. The normalized spacial score (nSPS) is 12.9. The molecule has 0 spiro atoms. The van der Waals surface area contributed by atoms with Crippen molar-refractivity contribution >= 4 is 37.3 Å². The third-order valence-corrected chi connectivity index (χ3v) is 7.35. The average molecular weight is 370 g/mol. The van der Waals surface area contributed by atoms with Gasteiger partial charge in [-0.05, 0) is 41.3 Å². The Morgan fingerprint density at radius 3 is 2.21 bits per heavy atom. The van der Waals surface area contributed by atoms with Crippen molar-refractivity contribution in [1.29, 1.82) is 0 Å². The van der Waals surface area contributed by atoms with Crippen LogP contribution in [-0.2, 0) is 16.6 Å². The lowest BCUT2D eigenvalue weighted by Crippen LogP contribution is -2.46. The maximum Gasteiger partial charge on any atom is 0.243 e. The zero-order chi connectivity index (χ0) is 14.7. The van der Waals surface area contributed by atoms with Crippen LogP contribution in [0.2, 0.25) is 0 Å². The fourth-order valence-corrected chi connectivity index (χ4v) is 6.12. The Kier molecular flexibility index (Phi) is 6.00.